The second kappa shape index (κ2) is 6.74. The van der Waals surface area contributed by atoms with Crippen molar-refractivity contribution in [1.29, 1.82) is 0 Å². The summed E-state index contributed by atoms with van der Waals surface area (Å²) in [5.41, 5.74) is 0.159. The maximum absolute atomic E-state index is 13.2. The van der Waals surface area contributed by atoms with Crippen molar-refractivity contribution in [2.75, 3.05) is 12.1 Å². The van der Waals surface area contributed by atoms with Crippen molar-refractivity contribution in [3.63, 3.8) is 0 Å². The van der Waals surface area contributed by atoms with Crippen molar-refractivity contribution in [2.45, 2.75) is 19.4 Å². The second-order valence-electron chi connectivity index (χ2n) is 5.15. The molecule has 24 heavy (non-hydrogen) atoms. The number of nitrogens with one attached hydrogen (secondary N) is 1. The smallest absolute Gasteiger partial charge is 0.265 e. The Kier molecular flexibility index (Phi) is 4.50. The van der Waals surface area contributed by atoms with Gasteiger partial charge in [-0.1, -0.05) is 6.92 Å². The van der Waals surface area contributed by atoms with Gasteiger partial charge in [-0.05, 0) is 30.7 Å². The predicted molar refractivity (Wildman–Crippen MR) is 82.3 cm³/mol. The predicted octanol–water partition coefficient (Wildman–Crippen LogP) is 3.49. The lowest BCUT2D eigenvalue weighted by Gasteiger charge is -2.17. The summed E-state index contributed by atoms with van der Waals surface area (Å²) in [7, 11) is 0. The SMILES string of the molecule is CCC(Oc1ccc2c(c1)OCO2)C(=O)Nc1ccc(F)c(F)c1. The highest BCUT2D eigenvalue weighted by atomic mass is 19.2. The fraction of sp³-hybridized carbons (Fsp3) is 0.235. The van der Waals surface area contributed by atoms with E-state index in [1.807, 2.05) is 0 Å². The zero-order chi connectivity index (χ0) is 17.1. The topological polar surface area (TPSA) is 56.8 Å². The third-order valence-electron chi connectivity index (χ3n) is 3.47. The van der Waals surface area contributed by atoms with E-state index in [2.05, 4.69) is 5.32 Å². The second-order valence-corrected chi connectivity index (χ2v) is 5.15. The molecule has 0 aliphatic carbocycles. The zero-order valence-corrected chi connectivity index (χ0v) is 12.8. The van der Waals surface area contributed by atoms with Crippen LogP contribution in [0.2, 0.25) is 0 Å². The van der Waals surface area contributed by atoms with E-state index in [0.29, 0.717) is 23.7 Å². The van der Waals surface area contributed by atoms with E-state index >= 15 is 0 Å². The van der Waals surface area contributed by atoms with Crippen molar-refractivity contribution in [3.8, 4) is 17.2 Å². The Morgan fingerprint density at radius 1 is 1.17 bits per heavy atom. The third-order valence-corrected chi connectivity index (χ3v) is 3.47. The molecule has 0 bridgehead atoms. The summed E-state index contributed by atoms with van der Waals surface area (Å²) in [5.74, 6) is -0.855. The number of halogens is 2. The first-order chi connectivity index (χ1) is 11.6. The molecule has 0 saturated carbocycles. The average Bonchev–Trinajstić information content (AvgIpc) is 3.03. The highest BCUT2D eigenvalue weighted by Gasteiger charge is 2.21. The molecular weight excluding hydrogens is 320 g/mol. The Morgan fingerprint density at radius 2 is 1.96 bits per heavy atom. The van der Waals surface area contributed by atoms with Gasteiger partial charge in [0.05, 0.1) is 0 Å². The van der Waals surface area contributed by atoms with E-state index in [9.17, 15) is 13.6 Å². The number of carbonyl (C=O) groups is 1. The third kappa shape index (κ3) is 3.40. The highest BCUT2D eigenvalue weighted by Crippen LogP contribution is 2.35. The molecule has 1 aliphatic heterocycles. The fourth-order valence-corrected chi connectivity index (χ4v) is 2.23. The Morgan fingerprint density at radius 3 is 2.71 bits per heavy atom. The minimum atomic E-state index is -1.03. The maximum Gasteiger partial charge on any atom is 0.265 e. The van der Waals surface area contributed by atoms with E-state index in [1.54, 1.807) is 25.1 Å². The first-order valence-electron chi connectivity index (χ1n) is 7.39. The standard InChI is InChI=1S/C17H15F2NO4/c1-2-14(17(21)20-10-3-5-12(18)13(19)7-10)24-11-4-6-15-16(8-11)23-9-22-15/h3-8,14H,2,9H2,1H3,(H,20,21). The van der Waals surface area contributed by atoms with Crippen LogP contribution in [0.15, 0.2) is 36.4 Å². The number of amides is 1. The van der Waals surface area contributed by atoms with Crippen LogP contribution in [-0.4, -0.2) is 18.8 Å². The quantitative estimate of drug-likeness (QED) is 0.909. The number of carbonyl (C=O) groups excluding carboxylic acids is 1. The van der Waals surface area contributed by atoms with Crippen molar-refractivity contribution < 1.29 is 27.8 Å². The Balaban J connectivity index is 1.68. The lowest BCUT2D eigenvalue weighted by Crippen LogP contribution is -2.32. The van der Waals surface area contributed by atoms with Crippen LogP contribution in [0.4, 0.5) is 14.5 Å². The molecule has 3 rings (SSSR count). The van der Waals surface area contributed by atoms with Crippen LogP contribution in [0.5, 0.6) is 17.2 Å². The summed E-state index contributed by atoms with van der Waals surface area (Å²) < 4.78 is 42.3. The molecule has 1 heterocycles. The number of rotatable bonds is 5. The number of benzene rings is 2. The van der Waals surface area contributed by atoms with E-state index in [-0.39, 0.29) is 12.5 Å². The molecule has 1 atom stereocenters. The van der Waals surface area contributed by atoms with Gasteiger partial charge in [0.25, 0.3) is 5.91 Å². The van der Waals surface area contributed by atoms with E-state index in [0.717, 1.165) is 12.1 Å². The molecule has 5 nitrogen and oxygen atoms in total. The summed E-state index contributed by atoms with van der Waals surface area (Å²) in [6, 6.07) is 8.14. The molecule has 0 fully saturated rings. The van der Waals surface area contributed by atoms with E-state index in [1.165, 1.54) is 6.07 Å². The number of ether oxygens (including phenoxy) is 3. The van der Waals surface area contributed by atoms with Gasteiger partial charge in [0, 0.05) is 17.8 Å². The van der Waals surface area contributed by atoms with Crippen LogP contribution >= 0.6 is 0 Å². The van der Waals surface area contributed by atoms with Crippen LogP contribution in [0, 0.1) is 11.6 Å². The summed E-state index contributed by atoms with van der Waals surface area (Å²) in [5, 5.41) is 2.51. The molecule has 2 aromatic carbocycles. The fourth-order valence-electron chi connectivity index (χ4n) is 2.23. The van der Waals surface area contributed by atoms with Gasteiger partial charge < -0.3 is 19.5 Å². The first kappa shape index (κ1) is 16.0. The largest absolute Gasteiger partial charge is 0.480 e. The summed E-state index contributed by atoms with van der Waals surface area (Å²) >= 11 is 0. The number of hydrogen-bond donors (Lipinski definition) is 1. The average molecular weight is 335 g/mol. The molecule has 0 spiro atoms. The van der Waals surface area contributed by atoms with Crippen LogP contribution in [0.1, 0.15) is 13.3 Å². The van der Waals surface area contributed by atoms with Crippen LogP contribution in [0.25, 0.3) is 0 Å². The molecule has 7 heteroatoms. The Bertz CT molecular complexity index is 766. The van der Waals surface area contributed by atoms with Crippen molar-refractivity contribution in [2.24, 2.45) is 0 Å². The minimum absolute atomic E-state index is 0.145. The molecule has 0 saturated heterocycles. The molecule has 0 aromatic heterocycles. The molecule has 126 valence electrons. The molecule has 1 amide bonds. The lowest BCUT2D eigenvalue weighted by atomic mass is 10.2. The van der Waals surface area contributed by atoms with E-state index < -0.39 is 23.6 Å². The van der Waals surface area contributed by atoms with Gasteiger partial charge in [0.1, 0.15) is 5.75 Å². The van der Waals surface area contributed by atoms with Gasteiger partial charge in [-0.3, -0.25) is 4.79 Å². The number of fused-ring (bicyclic) bond motifs is 1. The van der Waals surface area contributed by atoms with Crippen molar-refractivity contribution >= 4 is 11.6 Å². The maximum atomic E-state index is 13.2. The minimum Gasteiger partial charge on any atom is -0.480 e. The normalized spacial score (nSPS) is 13.5. The Labute approximate surface area is 137 Å². The van der Waals surface area contributed by atoms with Crippen LogP contribution in [-0.2, 0) is 4.79 Å². The first-order valence-corrected chi connectivity index (χ1v) is 7.39. The molecule has 1 unspecified atom stereocenters. The van der Waals surface area contributed by atoms with Crippen molar-refractivity contribution in [3.05, 3.63) is 48.0 Å². The number of anilines is 1. The molecular formula is C17H15F2NO4. The van der Waals surface area contributed by atoms with Gasteiger partial charge in [-0.15, -0.1) is 0 Å². The molecule has 1 N–H and O–H groups in total. The molecule has 2 aromatic rings. The summed E-state index contributed by atoms with van der Waals surface area (Å²) in [6.07, 6.45) is -0.400. The highest BCUT2D eigenvalue weighted by molar-refractivity contribution is 5.94. The molecule has 0 radical (unpaired) electrons. The van der Waals surface area contributed by atoms with Crippen LogP contribution < -0.4 is 19.5 Å². The number of hydrogen-bond acceptors (Lipinski definition) is 4. The Hall–Kier alpha value is -2.83. The lowest BCUT2D eigenvalue weighted by molar-refractivity contribution is -0.122. The van der Waals surface area contributed by atoms with Gasteiger partial charge in [-0.25, -0.2) is 8.78 Å². The van der Waals surface area contributed by atoms with Gasteiger partial charge in [0.15, 0.2) is 29.2 Å². The summed E-state index contributed by atoms with van der Waals surface area (Å²) in [6.45, 7) is 1.93. The van der Waals surface area contributed by atoms with Gasteiger partial charge in [0.2, 0.25) is 6.79 Å². The van der Waals surface area contributed by atoms with E-state index in [4.69, 9.17) is 14.2 Å². The van der Waals surface area contributed by atoms with Gasteiger partial charge >= 0.3 is 0 Å². The monoisotopic (exact) mass is 335 g/mol. The van der Waals surface area contributed by atoms with Crippen molar-refractivity contribution in [1.82, 2.24) is 0 Å². The summed E-state index contributed by atoms with van der Waals surface area (Å²) in [4.78, 5) is 12.3. The molecule has 1 aliphatic rings. The zero-order valence-electron chi connectivity index (χ0n) is 12.8. The van der Waals surface area contributed by atoms with Crippen LogP contribution in [0.3, 0.4) is 0 Å². The van der Waals surface area contributed by atoms with Gasteiger partial charge in [-0.2, -0.15) is 0 Å².